The third-order valence-corrected chi connectivity index (χ3v) is 3.51. The molecule has 7 nitrogen and oxygen atoms in total. The monoisotopic (exact) mass is 276 g/mol. The summed E-state index contributed by atoms with van der Waals surface area (Å²) in [7, 11) is 0. The Bertz CT molecular complexity index is 792. The number of fused-ring (bicyclic) bond motifs is 1. The molecule has 8 heteroatoms. The molecule has 19 heavy (non-hydrogen) atoms. The zero-order chi connectivity index (χ0) is 13.6. The number of carboxylic acid groups (broad SMARTS) is 1. The molecule has 1 aromatic carbocycles. The molecule has 0 radical (unpaired) electrons. The number of aromatic carboxylic acids is 1. The molecule has 0 saturated carbocycles. The topological polar surface area (TPSA) is 101 Å². The summed E-state index contributed by atoms with van der Waals surface area (Å²) in [6, 6.07) is 5.22. The second-order valence-electron chi connectivity index (χ2n) is 3.86. The number of benzene rings is 1. The first-order valence-corrected chi connectivity index (χ1v) is 6.13. The van der Waals surface area contributed by atoms with Crippen LogP contribution in [0.1, 0.15) is 15.5 Å². The Kier molecular flexibility index (Phi) is 2.46. The fourth-order valence-electron chi connectivity index (χ4n) is 1.80. The Hall–Kier alpha value is -2.48. The van der Waals surface area contributed by atoms with Gasteiger partial charge in [0.1, 0.15) is 0 Å². The highest BCUT2D eigenvalue weighted by atomic mass is 32.1. The van der Waals surface area contributed by atoms with Gasteiger partial charge in [0.15, 0.2) is 0 Å². The first-order valence-electron chi connectivity index (χ1n) is 5.32. The predicted octanol–water partition coefficient (Wildman–Crippen LogP) is 1.59. The summed E-state index contributed by atoms with van der Waals surface area (Å²) in [5.41, 5.74) is 0.995. The van der Waals surface area contributed by atoms with Crippen molar-refractivity contribution in [3.8, 4) is 11.6 Å². The van der Waals surface area contributed by atoms with E-state index in [1.54, 1.807) is 18.2 Å². The molecule has 2 N–H and O–H groups in total. The second-order valence-corrected chi connectivity index (χ2v) is 5.10. The highest BCUT2D eigenvalue weighted by molar-refractivity contribution is 7.18. The smallest absolute Gasteiger partial charge is 0.360 e. The van der Waals surface area contributed by atoms with E-state index in [1.165, 1.54) is 11.3 Å². The summed E-state index contributed by atoms with van der Waals surface area (Å²) in [4.78, 5) is 15.4. The fourth-order valence-corrected chi connectivity index (χ4v) is 2.66. The van der Waals surface area contributed by atoms with Crippen LogP contribution in [0.25, 0.3) is 15.9 Å². The molecule has 0 saturated heterocycles. The van der Waals surface area contributed by atoms with Gasteiger partial charge in [-0.2, -0.15) is 0 Å². The molecule has 3 aromatic rings. The Balaban J connectivity index is 2.21. The maximum absolute atomic E-state index is 11.1. The van der Waals surface area contributed by atoms with Crippen LogP contribution in [0.3, 0.4) is 0 Å². The van der Waals surface area contributed by atoms with E-state index in [1.807, 2.05) is 6.92 Å². The Morgan fingerprint density at radius 2 is 2.21 bits per heavy atom. The van der Waals surface area contributed by atoms with Gasteiger partial charge in [-0.3, -0.25) is 0 Å². The Morgan fingerprint density at radius 1 is 1.42 bits per heavy atom. The van der Waals surface area contributed by atoms with Crippen molar-refractivity contribution in [1.82, 2.24) is 20.0 Å². The van der Waals surface area contributed by atoms with E-state index < -0.39 is 11.8 Å². The van der Waals surface area contributed by atoms with Gasteiger partial charge < -0.3 is 10.2 Å². The minimum atomic E-state index is -1.29. The number of nitrogens with zero attached hydrogens (tertiary/aromatic N) is 4. The number of aromatic nitrogens is 4. The molecule has 0 fully saturated rings. The normalized spacial score (nSPS) is 11.0. The van der Waals surface area contributed by atoms with E-state index in [-0.39, 0.29) is 5.69 Å². The van der Waals surface area contributed by atoms with Crippen molar-refractivity contribution < 1.29 is 15.0 Å². The second kappa shape index (κ2) is 4.02. The summed E-state index contributed by atoms with van der Waals surface area (Å²) in [5, 5.41) is 26.4. The van der Waals surface area contributed by atoms with Crippen molar-refractivity contribution in [2.75, 3.05) is 0 Å². The lowest BCUT2D eigenvalue weighted by atomic mass is 10.3. The van der Waals surface area contributed by atoms with Gasteiger partial charge in [-0.15, -0.1) is 11.3 Å². The van der Waals surface area contributed by atoms with E-state index in [0.717, 1.165) is 19.9 Å². The Morgan fingerprint density at radius 3 is 2.95 bits per heavy atom. The van der Waals surface area contributed by atoms with Gasteiger partial charge in [-0.1, -0.05) is 10.3 Å². The Labute approximate surface area is 110 Å². The first-order chi connectivity index (χ1) is 9.06. The number of thiazole rings is 1. The highest BCUT2D eigenvalue weighted by Crippen LogP contribution is 2.25. The number of aryl methyl sites for hydroxylation is 1. The minimum absolute atomic E-state index is 0.361. The van der Waals surface area contributed by atoms with Crippen LogP contribution in [0.4, 0.5) is 0 Å². The van der Waals surface area contributed by atoms with Crippen molar-refractivity contribution in [2.45, 2.75) is 6.92 Å². The van der Waals surface area contributed by atoms with E-state index >= 15 is 0 Å². The third-order valence-electron chi connectivity index (χ3n) is 2.58. The van der Waals surface area contributed by atoms with E-state index in [4.69, 9.17) is 5.11 Å². The van der Waals surface area contributed by atoms with Crippen molar-refractivity contribution in [2.24, 2.45) is 0 Å². The van der Waals surface area contributed by atoms with Gasteiger partial charge in [0.05, 0.1) is 20.9 Å². The molecular formula is C11H8N4O3S. The summed E-state index contributed by atoms with van der Waals surface area (Å²) in [6.45, 7) is 1.90. The lowest BCUT2D eigenvalue weighted by Gasteiger charge is -2.02. The lowest BCUT2D eigenvalue weighted by molar-refractivity contribution is 0.0683. The fraction of sp³-hybridized carbons (Fsp3) is 0.0909. The van der Waals surface area contributed by atoms with Crippen LogP contribution in [0, 0.1) is 6.92 Å². The summed E-state index contributed by atoms with van der Waals surface area (Å²) in [6.07, 6.45) is 0. The number of aromatic hydroxyl groups is 1. The first kappa shape index (κ1) is 11.6. The number of hydrogen-bond donors (Lipinski definition) is 2. The van der Waals surface area contributed by atoms with Crippen LogP contribution in [0.5, 0.6) is 5.88 Å². The molecule has 0 aliphatic heterocycles. The zero-order valence-corrected chi connectivity index (χ0v) is 10.5. The van der Waals surface area contributed by atoms with E-state index in [9.17, 15) is 9.90 Å². The molecule has 2 aromatic heterocycles. The summed E-state index contributed by atoms with van der Waals surface area (Å²) in [5.74, 6) is -1.89. The van der Waals surface area contributed by atoms with Crippen LogP contribution in [0.2, 0.25) is 0 Å². The average molecular weight is 276 g/mol. The van der Waals surface area contributed by atoms with E-state index in [0.29, 0.717) is 5.69 Å². The average Bonchev–Trinajstić information content (AvgIpc) is 2.89. The quantitative estimate of drug-likeness (QED) is 0.737. The highest BCUT2D eigenvalue weighted by Gasteiger charge is 2.20. The lowest BCUT2D eigenvalue weighted by Crippen LogP contribution is -2.08. The van der Waals surface area contributed by atoms with Gasteiger partial charge in [0, 0.05) is 0 Å². The van der Waals surface area contributed by atoms with Crippen LogP contribution < -0.4 is 0 Å². The van der Waals surface area contributed by atoms with Crippen molar-refractivity contribution >= 4 is 27.5 Å². The maximum Gasteiger partial charge on any atom is 0.360 e. The van der Waals surface area contributed by atoms with Crippen LogP contribution in [0.15, 0.2) is 18.2 Å². The molecular weight excluding hydrogens is 268 g/mol. The number of carbonyl (C=O) groups is 1. The molecule has 0 amide bonds. The molecule has 3 rings (SSSR count). The summed E-state index contributed by atoms with van der Waals surface area (Å²) >= 11 is 1.50. The maximum atomic E-state index is 11.1. The molecule has 96 valence electrons. The molecule has 0 bridgehead atoms. The van der Waals surface area contributed by atoms with Crippen molar-refractivity contribution in [1.29, 1.82) is 0 Å². The van der Waals surface area contributed by atoms with Gasteiger partial charge in [0.25, 0.3) is 5.88 Å². The number of rotatable bonds is 2. The van der Waals surface area contributed by atoms with E-state index in [2.05, 4.69) is 15.3 Å². The summed E-state index contributed by atoms with van der Waals surface area (Å²) < 4.78 is 2.01. The molecule has 2 heterocycles. The minimum Gasteiger partial charge on any atom is -0.490 e. The van der Waals surface area contributed by atoms with Crippen molar-refractivity contribution in [3.05, 3.63) is 28.9 Å². The molecule has 0 atom stereocenters. The van der Waals surface area contributed by atoms with Gasteiger partial charge in [0.2, 0.25) is 5.69 Å². The van der Waals surface area contributed by atoms with Gasteiger partial charge in [-0.25, -0.2) is 14.5 Å². The molecule has 0 unspecified atom stereocenters. The number of carboxylic acids is 1. The van der Waals surface area contributed by atoms with Crippen LogP contribution >= 0.6 is 11.3 Å². The largest absolute Gasteiger partial charge is 0.490 e. The molecule has 0 aliphatic carbocycles. The standard InChI is InChI=1S/C11H8N4O3S/c1-5-12-7-3-2-6(4-8(7)19-5)15-9(11(17)18)10(16)13-14-15/h2-4,16H,1H3,(H,17,18). The van der Waals surface area contributed by atoms with Crippen LogP contribution in [-0.4, -0.2) is 36.2 Å². The van der Waals surface area contributed by atoms with Crippen LogP contribution in [-0.2, 0) is 0 Å². The predicted molar refractivity (Wildman–Crippen MR) is 67.9 cm³/mol. The number of hydrogen-bond acceptors (Lipinski definition) is 6. The SMILES string of the molecule is Cc1nc2ccc(-n3nnc(O)c3C(=O)O)cc2s1. The van der Waals surface area contributed by atoms with Crippen molar-refractivity contribution in [3.63, 3.8) is 0 Å². The van der Waals surface area contributed by atoms with Gasteiger partial charge in [-0.05, 0) is 25.1 Å². The zero-order valence-electron chi connectivity index (χ0n) is 9.73. The molecule has 0 spiro atoms. The molecule has 0 aliphatic rings. The van der Waals surface area contributed by atoms with Gasteiger partial charge >= 0.3 is 5.97 Å². The third kappa shape index (κ3) is 1.82.